The zero-order chi connectivity index (χ0) is 11.4. The molecule has 0 aromatic rings. The summed E-state index contributed by atoms with van der Waals surface area (Å²) in [5, 5.41) is 0. The number of carbonyl (C=O) groups is 2. The van der Waals surface area contributed by atoms with E-state index in [0.717, 1.165) is 0 Å². The van der Waals surface area contributed by atoms with Gasteiger partial charge in [0.2, 0.25) is 0 Å². The summed E-state index contributed by atoms with van der Waals surface area (Å²) < 4.78 is 5.03. The third kappa shape index (κ3) is 5.35. The standard InChI is InChI=1S/C10H17NO3/c1-10(2,3)14-9(13)8(7-12)6-11(4)5/h6-7H,1-5H3/b8-6+. The smallest absolute Gasteiger partial charge is 0.343 e. The van der Waals surface area contributed by atoms with Gasteiger partial charge in [0.1, 0.15) is 11.2 Å². The minimum absolute atomic E-state index is 0.0184. The number of hydrogen-bond donors (Lipinski definition) is 0. The Bertz CT molecular complexity index is 249. The molecule has 0 heterocycles. The van der Waals surface area contributed by atoms with Gasteiger partial charge in [0.05, 0.1) is 0 Å². The molecule has 0 spiro atoms. The maximum Gasteiger partial charge on any atom is 0.343 e. The molecule has 0 atom stereocenters. The number of aldehydes is 1. The van der Waals surface area contributed by atoms with Crippen LogP contribution in [-0.4, -0.2) is 36.9 Å². The average molecular weight is 199 g/mol. The third-order valence-electron chi connectivity index (χ3n) is 1.16. The van der Waals surface area contributed by atoms with Gasteiger partial charge in [-0.2, -0.15) is 0 Å². The highest BCUT2D eigenvalue weighted by molar-refractivity contribution is 6.07. The fourth-order valence-corrected chi connectivity index (χ4v) is 0.746. The molecule has 0 bridgehead atoms. The first-order chi connectivity index (χ1) is 6.26. The van der Waals surface area contributed by atoms with Gasteiger partial charge in [-0.15, -0.1) is 0 Å². The topological polar surface area (TPSA) is 46.6 Å². The molecule has 0 N–H and O–H groups in total. The van der Waals surface area contributed by atoms with Crippen LogP contribution in [0.25, 0.3) is 0 Å². The molecule has 0 rings (SSSR count). The molecule has 4 heteroatoms. The lowest BCUT2D eigenvalue weighted by Gasteiger charge is -2.19. The molecular formula is C10H17NO3. The molecule has 0 aliphatic rings. The molecular weight excluding hydrogens is 182 g/mol. The maximum atomic E-state index is 11.4. The zero-order valence-corrected chi connectivity index (χ0v) is 9.33. The second kappa shape index (κ2) is 4.79. The SMILES string of the molecule is CN(C)/C=C(\C=O)C(=O)OC(C)(C)C. The first-order valence-corrected chi connectivity index (χ1v) is 4.33. The molecule has 0 radical (unpaired) electrons. The molecule has 0 saturated heterocycles. The molecule has 0 unspecified atom stereocenters. The maximum absolute atomic E-state index is 11.4. The van der Waals surface area contributed by atoms with E-state index in [9.17, 15) is 9.59 Å². The van der Waals surface area contributed by atoms with E-state index in [1.54, 1.807) is 39.8 Å². The summed E-state index contributed by atoms with van der Waals surface area (Å²) in [5.74, 6) is -0.596. The number of rotatable bonds is 3. The minimum Gasteiger partial charge on any atom is -0.456 e. The lowest BCUT2D eigenvalue weighted by molar-refractivity contribution is -0.150. The average Bonchev–Trinajstić information content (AvgIpc) is 1.96. The van der Waals surface area contributed by atoms with E-state index >= 15 is 0 Å². The summed E-state index contributed by atoms with van der Waals surface area (Å²) in [6.45, 7) is 5.26. The van der Waals surface area contributed by atoms with Crippen molar-refractivity contribution in [1.29, 1.82) is 0 Å². The van der Waals surface area contributed by atoms with E-state index in [1.165, 1.54) is 6.20 Å². The van der Waals surface area contributed by atoms with Crippen molar-refractivity contribution < 1.29 is 14.3 Å². The quantitative estimate of drug-likeness (QED) is 0.223. The second-order valence-corrected chi connectivity index (χ2v) is 4.17. The molecule has 14 heavy (non-hydrogen) atoms. The van der Waals surface area contributed by atoms with Gasteiger partial charge in [-0.3, -0.25) is 4.79 Å². The van der Waals surface area contributed by atoms with E-state index in [0.29, 0.717) is 6.29 Å². The first-order valence-electron chi connectivity index (χ1n) is 4.33. The van der Waals surface area contributed by atoms with Crippen molar-refractivity contribution in [2.75, 3.05) is 14.1 Å². The lowest BCUT2D eigenvalue weighted by atomic mass is 10.2. The normalized spacial score (nSPS) is 12.2. The van der Waals surface area contributed by atoms with Crippen LogP contribution in [0.1, 0.15) is 20.8 Å². The van der Waals surface area contributed by atoms with Crippen molar-refractivity contribution in [1.82, 2.24) is 4.90 Å². The number of carbonyl (C=O) groups excluding carboxylic acids is 2. The van der Waals surface area contributed by atoms with Gasteiger partial charge in [0.25, 0.3) is 0 Å². The predicted octanol–water partition coefficient (Wildman–Crippen LogP) is 0.972. The first kappa shape index (κ1) is 12.7. The Morgan fingerprint density at radius 1 is 1.29 bits per heavy atom. The van der Waals surface area contributed by atoms with Crippen molar-refractivity contribution >= 4 is 12.3 Å². The van der Waals surface area contributed by atoms with Crippen molar-refractivity contribution in [3.63, 3.8) is 0 Å². The second-order valence-electron chi connectivity index (χ2n) is 4.17. The third-order valence-corrected chi connectivity index (χ3v) is 1.16. The Morgan fingerprint density at radius 2 is 1.79 bits per heavy atom. The van der Waals surface area contributed by atoms with Gasteiger partial charge in [0, 0.05) is 20.3 Å². The summed E-state index contributed by atoms with van der Waals surface area (Å²) in [7, 11) is 3.46. The highest BCUT2D eigenvalue weighted by atomic mass is 16.6. The number of ether oxygens (including phenoxy) is 1. The summed E-state index contributed by atoms with van der Waals surface area (Å²) in [4.78, 5) is 23.6. The van der Waals surface area contributed by atoms with Crippen LogP contribution in [0.3, 0.4) is 0 Å². The van der Waals surface area contributed by atoms with Gasteiger partial charge in [-0.1, -0.05) is 0 Å². The van der Waals surface area contributed by atoms with Gasteiger partial charge < -0.3 is 9.64 Å². The van der Waals surface area contributed by atoms with E-state index in [1.807, 2.05) is 0 Å². The molecule has 0 amide bonds. The van der Waals surface area contributed by atoms with E-state index in [4.69, 9.17) is 4.74 Å². The molecule has 80 valence electrons. The molecule has 4 nitrogen and oxygen atoms in total. The van der Waals surface area contributed by atoms with Crippen LogP contribution >= 0.6 is 0 Å². The van der Waals surface area contributed by atoms with Crippen LogP contribution in [0.5, 0.6) is 0 Å². The molecule has 0 aromatic heterocycles. The Labute approximate surface area is 84.5 Å². The Balaban J connectivity index is 4.57. The Morgan fingerprint density at radius 3 is 2.07 bits per heavy atom. The van der Waals surface area contributed by atoms with Crippen LogP contribution in [0.15, 0.2) is 11.8 Å². The molecule has 0 fully saturated rings. The molecule has 0 aliphatic carbocycles. The van der Waals surface area contributed by atoms with Crippen LogP contribution in [0.4, 0.5) is 0 Å². The van der Waals surface area contributed by atoms with Crippen molar-refractivity contribution in [3.05, 3.63) is 11.8 Å². The monoisotopic (exact) mass is 199 g/mol. The number of hydrogen-bond acceptors (Lipinski definition) is 4. The predicted molar refractivity (Wildman–Crippen MR) is 53.7 cm³/mol. The fourth-order valence-electron chi connectivity index (χ4n) is 0.746. The number of nitrogens with zero attached hydrogens (tertiary/aromatic N) is 1. The van der Waals surface area contributed by atoms with Crippen LogP contribution in [0.2, 0.25) is 0 Å². The van der Waals surface area contributed by atoms with Gasteiger partial charge in [-0.05, 0) is 20.8 Å². The van der Waals surface area contributed by atoms with Crippen molar-refractivity contribution in [2.45, 2.75) is 26.4 Å². The molecule has 0 aliphatic heterocycles. The highest BCUT2D eigenvalue weighted by Gasteiger charge is 2.19. The van der Waals surface area contributed by atoms with Crippen LogP contribution in [0, 0.1) is 0 Å². The summed E-state index contributed by atoms with van der Waals surface area (Å²) in [5.41, 5.74) is -0.559. The van der Waals surface area contributed by atoms with Gasteiger partial charge >= 0.3 is 5.97 Å². The van der Waals surface area contributed by atoms with E-state index < -0.39 is 11.6 Å². The zero-order valence-electron chi connectivity index (χ0n) is 9.33. The summed E-state index contributed by atoms with van der Waals surface area (Å²) >= 11 is 0. The fraction of sp³-hybridized carbons (Fsp3) is 0.600. The molecule has 0 aromatic carbocycles. The van der Waals surface area contributed by atoms with Crippen molar-refractivity contribution in [3.8, 4) is 0 Å². The van der Waals surface area contributed by atoms with E-state index in [-0.39, 0.29) is 5.57 Å². The summed E-state index contributed by atoms with van der Waals surface area (Å²) in [6.07, 6.45) is 1.93. The Kier molecular flexibility index (Phi) is 4.34. The lowest BCUT2D eigenvalue weighted by Crippen LogP contribution is -2.26. The molecule has 0 saturated carbocycles. The van der Waals surface area contributed by atoms with E-state index in [2.05, 4.69) is 0 Å². The highest BCUT2D eigenvalue weighted by Crippen LogP contribution is 2.09. The summed E-state index contributed by atoms with van der Waals surface area (Å²) in [6, 6.07) is 0. The van der Waals surface area contributed by atoms with Crippen molar-refractivity contribution in [2.24, 2.45) is 0 Å². The van der Waals surface area contributed by atoms with Gasteiger partial charge in [-0.25, -0.2) is 4.79 Å². The van der Waals surface area contributed by atoms with Crippen LogP contribution in [-0.2, 0) is 14.3 Å². The minimum atomic E-state index is -0.596. The number of esters is 1. The van der Waals surface area contributed by atoms with Gasteiger partial charge in [0.15, 0.2) is 6.29 Å². The Hall–Kier alpha value is -1.32. The largest absolute Gasteiger partial charge is 0.456 e. The van der Waals surface area contributed by atoms with Crippen LogP contribution < -0.4 is 0 Å².